The van der Waals surface area contributed by atoms with Gasteiger partial charge in [0.05, 0.1) is 4.90 Å². The highest BCUT2D eigenvalue weighted by molar-refractivity contribution is 7.92. The van der Waals surface area contributed by atoms with Gasteiger partial charge < -0.3 is 11.1 Å². The van der Waals surface area contributed by atoms with E-state index in [0.29, 0.717) is 17.3 Å². The molecule has 0 amide bonds. The largest absolute Gasteiger partial charge is 0.370 e. The Morgan fingerprint density at radius 2 is 1.86 bits per heavy atom. The Morgan fingerprint density at radius 1 is 1.18 bits per heavy atom. The minimum atomic E-state index is -3.67. The van der Waals surface area contributed by atoms with Gasteiger partial charge in [0.25, 0.3) is 10.0 Å². The highest BCUT2D eigenvalue weighted by atomic mass is 35.5. The van der Waals surface area contributed by atoms with E-state index in [2.05, 4.69) is 10.0 Å². The third-order valence-electron chi connectivity index (χ3n) is 2.79. The minimum Gasteiger partial charge on any atom is -0.370 e. The van der Waals surface area contributed by atoms with Gasteiger partial charge in [-0.05, 0) is 42.0 Å². The van der Waals surface area contributed by atoms with E-state index in [1.54, 1.807) is 24.3 Å². The third kappa shape index (κ3) is 4.37. The van der Waals surface area contributed by atoms with Crippen molar-refractivity contribution in [1.29, 1.82) is 5.41 Å². The van der Waals surface area contributed by atoms with E-state index in [4.69, 9.17) is 22.7 Å². The second-order valence-corrected chi connectivity index (χ2v) is 6.65. The van der Waals surface area contributed by atoms with Gasteiger partial charge in [0.1, 0.15) is 0 Å². The Hall–Kier alpha value is -2.25. The molecule has 0 atom stereocenters. The highest BCUT2D eigenvalue weighted by Gasteiger charge is 2.14. The zero-order valence-corrected chi connectivity index (χ0v) is 13.1. The van der Waals surface area contributed by atoms with Crippen LogP contribution in [0.5, 0.6) is 0 Å². The molecule has 0 saturated heterocycles. The number of hydrogen-bond acceptors (Lipinski definition) is 3. The average molecular weight is 339 g/mol. The van der Waals surface area contributed by atoms with E-state index in [1.165, 1.54) is 24.3 Å². The molecule has 0 aliphatic carbocycles. The van der Waals surface area contributed by atoms with E-state index in [1.807, 2.05) is 0 Å². The molecule has 0 aliphatic heterocycles. The number of hydrogen-bond donors (Lipinski definition) is 4. The number of anilines is 1. The summed E-state index contributed by atoms with van der Waals surface area (Å²) in [6.45, 7) is 0.339. The van der Waals surface area contributed by atoms with Crippen LogP contribution in [0.25, 0.3) is 0 Å². The van der Waals surface area contributed by atoms with Crippen molar-refractivity contribution in [3.05, 3.63) is 59.1 Å². The quantitative estimate of drug-likeness (QED) is 0.494. The lowest BCUT2D eigenvalue weighted by Gasteiger charge is -2.10. The van der Waals surface area contributed by atoms with E-state index < -0.39 is 10.0 Å². The molecular weight excluding hydrogens is 324 g/mol. The number of nitrogens with two attached hydrogens (primary N) is 1. The van der Waals surface area contributed by atoms with Gasteiger partial charge in [0.15, 0.2) is 5.96 Å². The maximum Gasteiger partial charge on any atom is 0.261 e. The molecule has 8 heteroatoms. The van der Waals surface area contributed by atoms with Gasteiger partial charge in [-0.15, -0.1) is 0 Å². The zero-order chi connectivity index (χ0) is 16.2. The lowest BCUT2D eigenvalue weighted by Crippen LogP contribution is -2.29. The van der Waals surface area contributed by atoms with Gasteiger partial charge in [-0.2, -0.15) is 0 Å². The van der Waals surface area contributed by atoms with Crippen LogP contribution >= 0.6 is 11.6 Å². The van der Waals surface area contributed by atoms with E-state index in [9.17, 15) is 8.42 Å². The van der Waals surface area contributed by atoms with Crippen LogP contribution in [0.3, 0.4) is 0 Å². The van der Waals surface area contributed by atoms with Gasteiger partial charge in [-0.3, -0.25) is 10.1 Å². The molecule has 5 N–H and O–H groups in total. The van der Waals surface area contributed by atoms with Crippen molar-refractivity contribution in [3.63, 3.8) is 0 Å². The molecule has 2 aromatic rings. The number of nitrogens with one attached hydrogen (secondary N) is 3. The van der Waals surface area contributed by atoms with Crippen molar-refractivity contribution >= 4 is 33.3 Å². The van der Waals surface area contributed by atoms with Crippen LogP contribution in [0, 0.1) is 5.41 Å². The van der Waals surface area contributed by atoms with E-state index in [0.717, 1.165) is 5.56 Å². The van der Waals surface area contributed by atoms with Crippen LogP contribution in [-0.2, 0) is 16.6 Å². The summed E-state index contributed by atoms with van der Waals surface area (Å²) in [6, 6.07) is 12.7. The Morgan fingerprint density at radius 3 is 2.50 bits per heavy atom. The smallest absolute Gasteiger partial charge is 0.261 e. The fourth-order valence-electron chi connectivity index (χ4n) is 1.77. The molecule has 22 heavy (non-hydrogen) atoms. The SMILES string of the molecule is N=C(N)NCc1cccc(NS(=O)(=O)c2ccc(Cl)cc2)c1. The van der Waals surface area contributed by atoms with Crippen LogP contribution in [-0.4, -0.2) is 14.4 Å². The molecule has 0 bridgehead atoms. The molecule has 0 heterocycles. The lowest BCUT2D eigenvalue weighted by molar-refractivity contribution is 0.601. The summed E-state index contributed by atoms with van der Waals surface area (Å²) in [7, 11) is -3.67. The summed E-state index contributed by atoms with van der Waals surface area (Å²) in [5, 5.41) is 10.2. The summed E-state index contributed by atoms with van der Waals surface area (Å²) in [5.41, 5.74) is 6.44. The van der Waals surface area contributed by atoms with Crippen molar-refractivity contribution in [2.45, 2.75) is 11.4 Å². The molecule has 116 valence electrons. The van der Waals surface area contributed by atoms with Crippen LogP contribution in [0.4, 0.5) is 5.69 Å². The molecule has 0 spiro atoms. The Bertz CT molecular complexity index is 776. The summed E-state index contributed by atoms with van der Waals surface area (Å²) in [6.07, 6.45) is 0. The Kier molecular flexibility index (Phi) is 4.89. The fourth-order valence-corrected chi connectivity index (χ4v) is 2.95. The first-order valence-corrected chi connectivity index (χ1v) is 8.18. The van der Waals surface area contributed by atoms with Gasteiger partial charge in [-0.25, -0.2) is 8.42 Å². The number of rotatable bonds is 5. The first kappa shape index (κ1) is 16.1. The van der Waals surface area contributed by atoms with E-state index in [-0.39, 0.29) is 10.9 Å². The van der Waals surface area contributed by atoms with Crippen molar-refractivity contribution in [3.8, 4) is 0 Å². The standard InChI is InChI=1S/C14H15ClN4O2S/c15-11-4-6-13(7-5-11)22(20,21)19-12-3-1-2-10(8-12)9-18-14(16)17/h1-8,19H,9H2,(H4,16,17,18). The Labute approximate surface area is 133 Å². The molecule has 2 rings (SSSR count). The summed E-state index contributed by atoms with van der Waals surface area (Å²) >= 11 is 5.75. The van der Waals surface area contributed by atoms with Crippen molar-refractivity contribution in [1.82, 2.24) is 5.32 Å². The molecule has 0 unspecified atom stereocenters. The molecular formula is C14H15ClN4O2S. The molecule has 2 aromatic carbocycles. The maximum absolute atomic E-state index is 12.3. The van der Waals surface area contributed by atoms with E-state index >= 15 is 0 Å². The Balaban J connectivity index is 2.17. The van der Waals surface area contributed by atoms with Crippen molar-refractivity contribution < 1.29 is 8.42 Å². The zero-order valence-electron chi connectivity index (χ0n) is 11.5. The average Bonchev–Trinajstić information content (AvgIpc) is 2.45. The van der Waals surface area contributed by atoms with Crippen LogP contribution in [0.2, 0.25) is 5.02 Å². The van der Waals surface area contributed by atoms with Crippen molar-refractivity contribution in [2.75, 3.05) is 4.72 Å². The summed E-state index contributed by atoms with van der Waals surface area (Å²) in [4.78, 5) is 0.129. The van der Waals surface area contributed by atoms with Gasteiger partial charge in [0.2, 0.25) is 0 Å². The second-order valence-electron chi connectivity index (χ2n) is 4.53. The fraction of sp³-hybridized carbons (Fsp3) is 0.0714. The molecule has 6 nitrogen and oxygen atoms in total. The first-order chi connectivity index (χ1) is 10.4. The molecule has 0 radical (unpaired) electrons. The predicted octanol–water partition coefficient (Wildman–Crippen LogP) is 2.12. The number of guanidine groups is 1. The van der Waals surface area contributed by atoms with Crippen LogP contribution in [0.1, 0.15) is 5.56 Å². The van der Waals surface area contributed by atoms with Gasteiger partial charge >= 0.3 is 0 Å². The first-order valence-electron chi connectivity index (χ1n) is 6.32. The topological polar surface area (TPSA) is 108 Å². The van der Waals surface area contributed by atoms with Crippen LogP contribution < -0.4 is 15.8 Å². The third-order valence-corrected chi connectivity index (χ3v) is 4.44. The van der Waals surface area contributed by atoms with Gasteiger partial charge in [-0.1, -0.05) is 23.7 Å². The molecule has 0 aromatic heterocycles. The number of sulfonamides is 1. The molecule has 0 aliphatic rings. The van der Waals surface area contributed by atoms with Crippen LogP contribution in [0.15, 0.2) is 53.4 Å². The summed E-state index contributed by atoms with van der Waals surface area (Å²) in [5.74, 6) is -0.146. The second kappa shape index (κ2) is 6.67. The highest BCUT2D eigenvalue weighted by Crippen LogP contribution is 2.19. The normalized spacial score (nSPS) is 11.0. The monoisotopic (exact) mass is 338 g/mol. The lowest BCUT2D eigenvalue weighted by atomic mass is 10.2. The number of halogens is 1. The van der Waals surface area contributed by atoms with Gasteiger partial charge in [0, 0.05) is 17.3 Å². The minimum absolute atomic E-state index is 0.129. The summed E-state index contributed by atoms with van der Waals surface area (Å²) < 4.78 is 27.0. The predicted molar refractivity (Wildman–Crippen MR) is 87.5 cm³/mol. The van der Waals surface area contributed by atoms with Crippen molar-refractivity contribution in [2.24, 2.45) is 5.73 Å². The maximum atomic E-state index is 12.3. The molecule has 0 fully saturated rings. The number of benzene rings is 2. The molecule has 0 saturated carbocycles.